The van der Waals surface area contributed by atoms with Crippen LogP contribution in [0.1, 0.15) is 162 Å². The fourth-order valence-corrected chi connectivity index (χ4v) is 6.96. The molecule has 0 fully saturated rings. The summed E-state index contributed by atoms with van der Waals surface area (Å²) in [5, 5.41) is 13.4. The summed E-state index contributed by atoms with van der Waals surface area (Å²) in [4.78, 5) is 15.9. The first-order chi connectivity index (χ1) is 23.5. The highest BCUT2D eigenvalue weighted by Gasteiger charge is 2.30. The number of allylic oxidation sites excluding steroid dienone is 7. The molecule has 0 saturated heterocycles. The van der Waals surface area contributed by atoms with Gasteiger partial charge in [-0.25, -0.2) is 4.58 Å². The summed E-state index contributed by atoms with van der Waals surface area (Å²) in [5.41, 5.74) is 4.57. The van der Waals surface area contributed by atoms with E-state index < -0.39 is 0 Å². The van der Waals surface area contributed by atoms with Crippen molar-refractivity contribution in [3.8, 4) is 0 Å². The minimum absolute atomic E-state index is 0.118. The minimum Gasteiger partial charge on any atom is -0.871 e. The van der Waals surface area contributed by atoms with Crippen LogP contribution in [0.2, 0.25) is 0 Å². The first kappa shape index (κ1) is 39.6. The van der Waals surface area contributed by atoms with Gasteiger partial charge in [-0.2, -0.15) is 0 Å². The third-order valence-corrected chi connectivity index (χ3v) is 10.1. The van der Waals surface area contributed by atoms with Gasteiger partial charge in [-0.3, -0.25) is 4.79 Å². The molecule has 0 bridgehead atoms. The Morgan fingerprint density at radius 3 is 1.42 bits per heavy atom. The summed E-state index contributed by atoms with van der Waals surface area (Å²) < 4.78 is 2.51. The Balaban J connectivity index is 1.70. The Bertz CT molecular complexity index is 1200. The molecule has 0 saturated carbocycles. The van der Waals surface area contributed by atoms with E-state index in [1.54, 1.807) is 0 Å². The van der Waals surface area contributed by atoms with Crippen molar-refractivity contribution in [1.82, 2.24) is 0 Å². The summed E-state index contributed by atoms with van der Waals surface area (Å²) in [6, 6.07) is 8.21. The van der Waals surface area contributed by atoms with Crippen molar-refractivity contribution in [2.24, 2.45) is 0 Å². The number of benzene rings is 1. The predicted molar refractivity (Wildman–Crippen MR) is 206 cm³/mol. The van der Waals surface area contributed by atoms with Gasteiger partial charge >= 0.3 is 0 Å². The fraction of sp³-hybridized carbons (Fsp3) is 0.636. The zero-order chi connectivity index (χ0) is 34.4. The number of nitrogens with zero attached hydrogens (tertiary/aromatic N) is 2. The van der Waals surface area contributed by atoms with Crippen LogP contribution >= 0.6 is 0 Å². The molecule has 4 nitrogen and oxygen atoms in total. The molecule has 0 unspecified atom stereocenters. The van der Waals surface area contributed by atoms with Gasteiger partial charge < -0.3 is 10.0 Å². The Kier molecular flexibility index (Phi) is 19.3. The van der Waals surface area contributed by atoms with Crippen LogP contribution < -0.4 is 10.0 Å². The van der Waals surface area contributed by atoms with Crippen molar-refractivity contribution in [1.29, 1.82) is 0 Å². The number of hydrogen-bond donors (Lipinski definition) is 0. The molecule has 1 aromatic carbocycles. The Morgan fingerprint density at radius 2 is 0.979 bits per heavy atom. The lowest BCUT2D eigenvalue weighted by Crippen LogP contribution is -2.30. The van der Waals surface area contributed by atoms with Gasteiger partial charge in [-0.15, -0.1) is 0 Å². The van der Waals surface area contributed by atoms with E-state index >= 15 is 0 Å². The van der Waals surface area contributed by atoms with Gasteiger partial charge in [0.25, 0.3) is 0 Å². The zero-order valence-electron chi connectivity index (χ0n) is 31.3. The normalized spacial score (nSPS) is 14.3. The number of ketones is 1. The second-order valence-corrected chi connectivity index (χ2v) is 14.1. The fourth-order valence-electron chi connectivity index (χ4n) is 6.96. The van der Waals surface area contributed by atoms with Crippen LogP contribution in [0.25, 0.3) is 5.57 Å². The summed E-state index contributed by atoms with van der Waals surface area (Å²) in [6.45, 7) is 13.3. The van der Waals surface area contributed by atoms with Crippen LogP contribution in [0.15, 0.2) is 65.5 Å². The average Bonchev–Trinajstić information content (AvgIpc) is 3.10. The predicted octanol–water partition coefficient (Wildman–Crippen LogP) is 10.9. The third-order valence-electron chi connectivity index (χ3n) is 10.1. The lowest BCUT2D eigenvalue weighted by molar-refractivity contribution is -0.527. The van der Waals surface area contributed by atoms with Crippen molar-refractivity contribution in [2.75, 3.05) is 31.1 Å². The minimum atomic E-state index is -0.118. The zero-order valence-corrected chi connectivity index (χ0v) is 31.3. The summed E-state index contributed by atoms with van der Waals surface area (Å²) in [7, 11) is 0. The maximum Gasteiger partial charge on any atom is 0.199 e. The van der Waals surface area contributed by atoms with Crippen molar-refractivity contribution in [3.63, 3.8) is 0 Å². The van der Waals surface area contributed by atoms with Crippen LogP contribution in [0, 0.1) is 0 Å². The van der Waals surface area contributed by atoms with Crippen molar-refractivity contribution in [3.05, 3.63) is 71.0 Å². The van der Waals surface area contributed by atoms with E-state index in [4.69, 9.17) is 0 Å². The van der Waals surface area contributed by atoms with Gasteiger partial charge in [0.05, 0.1) is 0 Å². The Labute approximate surface area is 294 Å². The average molecular weight is 657 g/mol. The van der Waals surface area contributed by atoms with E-state index in [0.717, 1.165) is 37.3 Å². The van der Waals surface area contributed by atoms with Crippen molar-refractivity contribution in [2.45, 2.75) is 156 Å². The standard InChI is InChI=1S/C44H68N2O2/c1-5-9-13-17-21-33-45(34-22-18-14-10-6-2)39-29-25-37(26-30-39)41-43(47)42(44(41)48)38-27-31-40(32-28-38)46(35-23-19-15-11-7-3)36-24-20-16-12-8-4/h25-32H,5-24,33-36H2,1-4H3. The van der Waals surface area contributed by atoms with Gasteiger partial charge in [-0.05, 0) is 61.1 Å². The monoisotopic (exact) mass is 657 g/mol. The molecule has 2 aliphatic carbocycles. The molecule has 0 aromatic heterocycles. The van der Waals surface area contributed by atoms with E-state index in [0.29, 0.717) is 11.1 Å². The highest BCUT2D eigenvalue weighted by molar-refractivity contribution is 6.39. The second-order valence-electron chi connectivity index (χ2n) is 14.1. The maximum atomic E-state index is 13.4. The molecule has 2 aliphatic rings. The van der Waals surface area contributed by atoms with E-state index in [2.05, 4.69) is 61.5 Å². The molecule has 48 heavy (non-hydrogen) atoms. The van der Waals surface area contributed by atoms with Gasteiger partial charge in [0.1, 0.15) is 13.1 Å². The highest BCUT2D eigenvalue weighted by atomic mass is 16.3. The van der Waals surface area contributed by atoms with Crippen molar-refractivity contribution < 1.29 is 14.5 Å². The first-order valence-electron chi connectivity index (χ1n) is 20.1. The molecule has 0 amide bonds. The van der Waals surface area contributed by atoms with Gasteiger partial charge in [-0.1, -0.05) is 135 Å². The lowest BCUT2D eigenvalue weighted by Gasteiger charge is -2.32. The number of carbonyl (C=O) groups is 1. The maximum absolute atomic E-state index is 13.4. The molecule has 1 aromatic rings. The van der Waals surface area contributed by atoms with E-state index in [1.165, 1.54) is 140 Å². The SMILES string of the molecule is CCCCCCCN(CCCCCCC)c1ccc(C2=C([O-])C(=C3C=CC(=[N+](CCCCCCC)CCCCCCC)C=C3)C2=O)cc1. The number of unbranched alkanes of at least 4 members (excludes halogenated alkanes) is 16. The first-order valence-corrected chi connectivity index (χ1v) is 20.1. The van der Waals surface area contributed by atoms with Crippen molar-refractivity contribution >= 4 is 22.8 Å². The molecular formula is C44H68N2O2. The molecule has 0 N–H and O–H groups in total. The van der Waals surface area contributed by atoms with Crippen LogP contribution in [0.4, 0.5) is 5.69 Å². The molecule has 0 spiro atoms. The topological polar surface area (TPSA) is 46.4 Å². The molecular weight excluding hydrogens is 588 g/mol. The molecule has 0 radical (unpaired) electrons. The third kappa shape index (κ3) is 12.9. The lowest BCUT2D eigenvalue weighted by atomic mass is 9.80. The van der Waals surface area contributed by atoms with Gasteiger partial charge in [0.15, 0.2) is 11.5 Å². The summed E-state index contributed by atoms with van der Waals surface area (Å²) in [5.74, 6) is -0.235. The van der Waals surface area contributed by atoms with Gasteiger partial charge in [0, 0.05) is 54.9 Å². The largest absolute Gasteiger partial charge is 0.871 e. The molecule has 4 heteroatoms. The van der Waals surface area contributed by atoms with E-state index in [9.17, 15) is 9.90 Å². The highest BCUT2D eigenvalue weighted by Crippen LogP contribution is 2.38. The van der Waals surface area contributed by atoms with Crippen LogP contribution in [0.5, 0.6) is 0 Å². The summed E-state index contributed by atoms with van der Waals surface area (Å²) in [6.07, 6.45) is 33.7. The van der Waals surface area contributed by atoms with E-state index in [1.807, 2.05) is 24.3 Å². The molecule has 0 aliphatic heterocycles. The number of Topliss-reactive ketones (excluding diaryl/α,β-unsaturated/α-hetero) is 1. The number of carbonyl (C=O) groups excluding carboxylic acids is 1. The Hall–Kier alpha value is -2.88. The smallest absolute Gasteiger partial charge is 0.199 e. The van der Waals surface area contributed by atoms with Gasteiger partial charge in [0.2, 0.25) is 0 Å². The second kappa shape index (κ2) is 23.5. The molecule has 266 valence electrons. The Morgan fingerprint density at radius 1 is 0.542 bits per heavy atom. The van der Waals surface area contributed by atoms with Crippen LogP contribution in [-0.4, -0.2) is 42.2 Å². The molecule has 3 rings (SSSR count). The number of anilines is 1. The summed E-state index contributed by atoms with van der Waals surface area (Å²) >= 11 is 0. The quantitative estimate of drug-likeness (QED) is 0.0566. The molecule has 0 heterocycles. The van der Waals surface area contributed by atoms with E-state index in [-0.39, 0.29) is 11.5 Å². The van der Waals surface area contributed by atoms with Crippen LogP contribution in [0.3, 0.4) is 0 Å². The number of rotatable bonds is 26. The number of hydrogen-bond acceptors (Lipinski definition) is 3. The molecule has 0 atom stereocenters. The van der Waals surface area contributed by atoms with Crippen LogP contribution in [-0.2, 0) is 4.79 Å².